The minimum Gasteiger partial charge on any atom is -0.445 e. The lowest BCUT2D eigenvalue weighted by Crippen LogP contribution is -2.55. The number of nitrogens with zero attached hydrogens (tertiary/aromatic N) is 2. The van der Waals surface area contributed by atoms with Gasteiger partial charge in [0.25, 0.3) is 5.91 Å². The second-order valence-corrected chi connectivity index (χ2v) is 8.84. The van der Waals surface area contributed by atoms with E-state index in [2.05, 4.69) is 25.9 Å². The first kappa shape index (κ1) is 25.8. The maximum Gasteiger partial charge on any atom is 0.408 e. The zero-order valence-electron chi connectivity index (χ0n) is 20.0. The minimum atomic E-state index is -1.17. The van der Waals surface area contributed by atoms with Crippen LogP contribution in [0.1, 0.15) is 43.8 Å². The van der Waals surface area contributed by atoms with Gasteiger partial charge in [-0.1, -0.05) is 44.2 Å². The monoisotopic (exact) mass is 481 g/mol. The van der Waals surface area contributed by atoms with Gasteiger partial charge in [0.2, 0.25) is 11.7 Å². The van der Waals surface area contributed by atoms with Gasteiger partial charge in [-0.3, -0.25) is 14.4 Å². The molecule has 1 aromatic heterocycles. The Kier molecular flexibility index (Phi) is 9.28. The number of alkyl carbamates (subject to hydrolysis) is 1. The minimum absolute atomic E-state index is 0.0430. The Morgan fingerprint density at radius 1 is 1.17 bits per heavy atom. The predicted octanol–water partition coefficient (Wildman–Crippen LogP) is 1.48. The van der Waals surface area contributed by atoms with E-state index >= 15 is 0 Å². The summed E-state index contributed by atoms with van der Waals surface area (Å²) >= 11 is 0. The first-order valence-corrected chi connectivity index (χ1v) is 11.7. The third-order valence-corrected chi connectivity index (χ3v) is 5.43. The number of aryl methyl sites for hydroxylation is 1. The van der Waals surface area contributed by atoms with E-state index in [4.69, 9.17) is 4.74 Å². The van der Waals surface area contributed by atoms with E-state index in [0.29, 0.717) is 31.6 Å². The van der Waals surface area contributed by atoms with Crippen LogP contribution >= 0.6 is 0 Å². The highest BCUT2D eigenvalue weighted by atomic mass is 16.5. The van der Waals surface area contributed by atoms with Crippen LogP contribution < -0.4 is 16.0 Å². The third-order valence-electron chi connectivity index (χ3n) is 5.43. The van der Waals surface area contributed by atoms with Crippen LogP contribution in [-0.4, -0.2) is 52.3 Å². The number of benzene rings is 1. The van der Waals surface area contributed by atoms with Gasteiger partial charge in [-0.05, 0) is 36.8 Å². The van der Waals surface area contributed by atoms with E-state index in [1.807, 2.05) is 44.2 Å². The van der Waals surface area contributed by atoms with Crippen molar-refractivity contribution in [1.82, 2.24) is 25.9 Å². The largest absolute Gasteiger partial charge is 0.445 e. The van der Waals surface area contributed by atoms with Gasteiger partial charge in [-0.25, -0.2) is 14.8 Å². The molecule has 0 saturated heterocycles. The van der Waals surface area contributed by atoms with E-state index < -0.39 is 35.8 Å². The second kappa shape index (κ2) is 12.6. The van der Waals surface area contributed by atoms with Crippen molar-refractivity contribution in [2.45, 2.75) is 58.2 Å². The molecule has 2 atom stereocenters. The van der Waals surface area contributed by atoms with Gasteiger partial charge in [0.15, 0.2) is 0 Å². The van der Waals surface area contributed by atoms with Crippen molar-refractivity contribution in [3.63, 3.8) is 0 Å². The fourth-order valence-corrected chi connectivity index (χ4v) is 3.67. The summed E-state index contributed by atoms with van der Waals surface area (Å²) in [5, 5.41) is 7.80. The lowest BCUT2D eigenvalue weighted by molar-refractivity contribution is -0.140. The molecule has 1 aliphatic heterocycles. The molecule has 1 aliphatic rings. The summed E-state index contributed by atoms with van der Waals surface area (Å²) in [6.07, 6.45) is 2.37. The summed E-state index contributed by atoms with van der Waals surface area (Å²) < 4.78 is 5.25. The number of rotatable bonds is 7. The molecule has 10 heteroatoms. The van der Waals surface area contributed by atoms with Gasteiger partial charge in [-0.2, -0.15) is 0 Å². The van der Waals surface area contributed by atoms with Crippen LogP contribution in [0.3, 0.4) is 0 Å². The highest BCUT2D eigenvalue weighted by molar-refractivity contribution is 6.38. The molecule has 3 N–H and O–H groups in total. The van der Waals surface area contributed by atoms with Crippen LogP contribution in [0.25, 0.3) is 0 Å². The van der Waals surface area contributed by atoms with Crippen molar-refractivity contribution in [2.24, 2.45) is 5.92 Å². The number of Topliss-reactive ketones (excluding diaryl/α,β-unsaturated/α-hetero) is 1. The van der Waals surface area contributed by atoms with Crippen molar-refractivity contribution < 1.29 is 23.9 Å². The average molecular weight is 482 g/mol. The Morgan fingerprint density at radius 2 is 1.94 bits per heavy atom. The van der Waals surface area contributed by atoms with Gasteiger partial charge in [0.1, 0.15) is 24.5 Å². The molecule has 0 aliphatic carbocycles. The highest BCUT2D eigenvalue weighted by Crippen LogP contribution is 2.09. The number of aromatic nitrogens is 2. The zero-order chi connectivity index (χ0) is 25.2. The smallest absolute Gasteiger partial charge is 0.408 e. The standard InChI is InChI=1S/C25H31N5O5/c1-16(2)13-20(30-25(34)35-15-17-7-4-3-5-8-17)23(32)29-19-14-21-26-12-10-18(28-21)9-6-11-27-24(33)22(19)31/h3-5,7-8,10,12,16,19-20H,6,9,11,13-15H2,1-2H3,(H,27,33)(H,29,32)(H,30,34). The summed E-state index contributed by atoms with van der Waals surface area (Å²) in [7, 11) is 0. The molecule has 2 unspecified atom stereocenters. The molecule has 0 saturated carbocycles. The zero-order valence-corrected chi connectivity index (χ0v) is 20.0. The summed E-state index contributed by atoms with van der Waals surface area (Å²) in [4.78, 5) is 59.4. The Balaban J connectivity index is 1.70. The van der Waals surface area contributed by atoms with Gasteiger partial charge >= 0.3 is 6.09 Å². The van der Waals surface area contributed by atoms with Crippen LogP contribution in [0.15, 0.2) is 42.6 Å². The molecule has 0 fully saturated rings. The summed E-state index contributed by atoms with van der Waals surface area (Å²) in [5.41, 5.74) is 1.60. The first-order chi connectivity index (χ1) is 16.8. The molecule has 2 bridgehead atoms. The van der Waals surface area contributed by atoms with E-state index in [0.717, 1.165) is 11.3 Å². The Hall–Kier alpha value is -3.82. The number of ketones is 1. The van der Waals surface area contributed by atoms with E-state index in [1.54, 1.807) is 12.3 Å². The molecule has 186 valence electrons. The maximum absolute atomic E-state index is 13.1. The molecule has 10 nitrogen and oxygen atoms in total. The lowest BCUT2D eigenvalue weighted by atomic mass is 10.0. The SMILES string of the molecule is CC(C)CC(NC(=O)OCc1ccccc1)C(=O)NC1Cc2nccc(n2)CCCNC(=O)C1=O. The number of fused-ring (bicyclic) bond motifs is 2. The molecule has 3 rings (SSSR count). The van der Waals surface area contributed by atoms with Crippen molar-refractivity contribution in [1.29, 1.82) is 0 Å². The first-order valence-electron chi connectivity index (χ1n) is 11.7. The van der Waals surface area contributed by atoms with Crippen LogP contribution in [0.4, 0.5) is 4.79 Å². The van der Waals surface area contributed by atoms with Crippen LogP contribution in [0.2, 0.25) is 0 Å². The topological polar surface area (TPSA) is 139 Å². The summed E-state index contributed by atoms with van der Waals surface area (Å²) in [6.45, 7) is 4.18. The van der Waals surface area contributed by atoms with Crippen LogP contribution in [0.5, 0.6) is 0 Å². The molecule has 2 aromatic rings. The van der Waals surface area contributed by atoms with Crippen LogP contribution in [0, 0.1) is 5.92 Å². The molecule has 2 heterocycles. The number of nitrogens with one attached hydrogen (secondary N) is 3. The van der Waals surface area contributed by atoms with Crippen molar-refractivity contribution >= 4 is 23.7 Å². The Morgan fingerprint density at radius 3 is 2.69 bits per heavy atom. The fourth-order valence-electron chi connectivity index (χ4n) is 3.67. The van der Waals surface area contributed by atoms with Gasteiger partial charge < -0.3 is 20.7 Å². The van der Waals surface area contributed by atoms with Crippen molar-refractivity contribution in [2.75, 3.05) is 6.54 Å². The quantitative estimate of drug-likeness (QED) is 0.509. The molecular weight excluding hydrogens is 450 g/mol. The van der Waals surface area contributed by atoms with Gasteiger partial charge in [0.05, 0.1) is 0 Å². The van der Waals surface area contributed by atoms with E-state index in [-0.39, 0.29) is 18.9 Å². The fraction of sp³-hybridized carbons (Fsp3) is 0.440. The normalized spacial score (nSPS) is 17.1. The van der Waals surface area contributed by atoms with E-state index in [1.165, 1.54) is 0 Å². The van der Waals surface area contributed by atoms with Crippen LogP contribution in [-0.2, 0) is 38.6 Å². The lowest BCUT2D eigenvalue weighted by Gasteiger charge is -2.23. The summed E-state index contributed by atoms with van der Waals surface area (Å²) in [5.74, 6) is -1.74. The maximum atomic E-state index is 13.1. The molecule has 1 aromatic carbocycles. The summed E-state index contributed by atoms with van der Waals surface area (Å²) in [6, 6.07) is 8.81. The Bertz CT molecular complexity index is 1040. The number of ether oxygens (including phenoxy) is 1. The molecular formula is C25H31N5O5. The van der Waals surface area contributed by atoms with Crippen molar-refractivity contribution in [3.05, 3.63) is 59.7 Å². The predicted molar refractivity (Wildman–Crippen MR) is 127 cm³/mol. The number of carbonyl (C=O) groups is 4. The third kappa shape index (κ3) is 8.16. The second-order valence-electron chi connectivity index (χ2n) is 8.84. The highest BCUT2D eigenvalue weighted by Gasteiger charge is 2.32. The molecule has 0 radical (unpaired) electrons. The van der Waals surface area contributed by atoms with E-state index in [9.17, 15) is 19.2 Å². The number of carbonyl (C=O) groups excluding carboxylic acids is 4. The van der Waals surface area contributed by atoms with Gasteiger partial charge in [-0.15, -0.1) is 0 Å². The average Bonchev–Trinajstić information content (AvgIpc) is 2.85. The number of amides is 3. The number of hydrogen-bond donors (Lipinski definition) is 3. The molecule has 3 amide bonds. The Labute approximate surface area is 204 Å². The molecule has 35 heavy (non-hydrogen) atoms. The molecule has 0 spiro atoms. The number of hydrogen-bond acceptors (Lipinski definition) is 7. The van der Waals surface area contributed by atoms with Crippen molar-refractivity contribution in [3.8, 4) is 0 Å². The van der Waals surface area contributed by atoms with Gasteiger partial charge in [0, 0.05) is 24.9 Å².